The number of aromatic nitrogens is 2. The van der Waals surface area contributed by atoms with Crippen LogP contribution in [-0.2, 0) is 0 Å². The highest BCUT2D eigenvalue weighted by Crippen LogP contribution is 2.31. The van der Waals surface area contributed by atoms with Crippen molar-refractivity contribution in [3.63, 3.8) is 0 Å². The van der Waals surface area contributed by atoms with E-state index in [4.69, 9.17) is 13.9 Å². The van der Waals surface area contributed by atoms with Gasteiger partial charge in [0.2, 0.25) is 5.89 Å². The Hall–Kier alpha value is -2.87. The summed E-state index contributed by atoms with van der Waals surface area (Å²) in [6.07, 6.45) is 0. The second-order valence-corrected chi connectivity index (χ2v) is 6.38. The molecule has 6 nitrogen and oxygen atoms in total. The molecule has 0 N–H and O–H groups in total. The number of hydrogen-bond acceptors (Lipinski definition) is 7. The summed E-state index contributed by atoms with van der Waals surface area (Å²) in [5.41, 5.74) is 1.01. The van der Waals surface area contributed by atoms with Crippen molar-refractivity contribution in [2.24, 2.45) is 0 Å². The molecule has 0 bridgehead atoms. The number of ether oxygens (including phenoxy) is 2. The lowest BCUT2D eigenvalue weighted by atomic mass is 10.1. The Bertz CT molecular complexity index is 960. The number of nitrogens with zero attached hydrogens (tertiary/aromatic N) is 2. The zero-order valence-electron chi connectivity index (χ0n) is 13.5. The highest BCUT2D eigenvalue weighted by Gasteiger charge is 2.16. The van der Waals surface area contributed by atoms with Gasteiger partial charge >= 0.3 is 0 Å². The molecule has 1 aliphatic rings. The third kappa shape index (κ3) is 3.55. The number of Topliss-reactive ketones (excluding diaryl/α,β-unsaturated/α-hetero) is 1. The van der Waals surface area contributed by atoms with Crippen LogP contribution in [0.3, 0.4) is 0 Å². The molecule has 0 saturated carbocycles. The minimum absolute atomic E-state index is 0.0996. The molecule has 0 saturated heterocycles. The Morgan fingerprint density at radius 2 is 1.92 bits per heavy atom. The second kappa shape index (κ2) is 7.17. The Morgan fingerprint density at radius 1 is 1.08 bits per heavy atom. The van der Waals surface area contributed by atoms with E-state index in [0.717, 1.165) is 11.8 Å². The van der Waals surface area contributed by atoms with E-state index in [1.807, 2.05) is 0 Å². The summed E-state index contributed by atoms with van der Waals surface area (Å²) in [4.78, 5) is 12.4. The van der Waals surface area contributed by atoms with Gasteiger partial charge in [0.05, 0.1) is 5.75 Å². The Morgan fingerprint density at radius 3 is 2.77 bits per heavy atom. The van der Waals surface area contributed by atoms with Gasteiger partial charge in [-0.2, -0.15) is 0 Å². The molecule has 0 unspecified atom stereocenters. The van der Waals surface area contributed by atoms with E-state index < -0.39 is 0 Å². The van der Waals surface area contributed by atoms with Crippen LogP contribution in [0.1, 0.15) is 10.4 Å². The molecular weight excluding hydrogens is 359 g/mol. The van der Waals surface area contributed by atoms with Gasteiger partial charge in [-0.25, -0.2) is 4.39 Å². The van der Waals surface area contributed by atoms with Crippen LogP contribution in [0, 0.1) is 5.82 Å². The van der Waals surface area contributed by atoms with Crippen LogP contribution in [0.15, 0.2) is 52.1 Å². The van der Waals surface area contributed by atoms with Gasteiger partial charge < -0.3 is 13.9 Å². The maximum absolute atomic E-state index is 13.3. The van der Waals surface area contributed by atoms with Gasteiger partial charge in [-0.15, -0.1) is 10.2 Å². The summed E-state index contributed by atoms with van der Waals surface area (Å²) in [7, 11) is 0. The van der Waals surface area contributed by atoms with Crippen molar-refractivity contribution in [1.82, 2.24) is 10.2 Å². The fourth-order valence-corrected chi connectivity index (χ4v) is 3.09. The molecule has 0 amide bonds. The Balaban J connectivity index is 1.42. The lowest BCUT2D eigenvalue weighted by molar-refractivity contribution is 0.102. The first kappa shape index (κ1) is 16.6. The number of halogens is 1. The van der Waals surface area contributed by atoms with Crippen molar-refractivity contribution in [3.05, 3.63) is 53.8 Å². The first-order chi connectivity index (χ1) is 12.7. The minimum Gasteiger partial charge on any atom is -0.486 e. The average Bonchev–Trinajstić information content (AvgIpc) is 3.15. The predicted octanol–water partition coefficient (Wildman–Crippen LogP) is 3.62. The summed E-state index contributed by atoms with van der Waals surface area (Å²) in [6.45, 7) is 0.963. The SMILES string of the molecule is O=C(CSc1nnc(-c2cccc(F)c2)o1)c1ccc2c(c1)OCCO2. The standard InChI is InChI=1S/C18H13FN2O4S/c19-13-3-1-2-12(8-13)17-20-21-18(25-17)26-10-14(22)11-4-5-15-16(9-11)24-7-6-23-15/h1-5,8-9H,6-7,10H2. The van der Waals surface area contributed by atoms with Gasteiger partial charge in [0, 0.05) is 11.1 Å². The van der Waals surface area contributed by atoms with E-state index in [1.165, 1.54) is 12.1 Å². The van der Waals surface area contributed by atoms with E-state index >= 15 is 0 Å². The number of carbonyl (C=O) groups excluding carboxylic acids is 1. The monoisotopic (exact) mass is 372 g/mol. The quantitative estimate of drug-likeness (QED) is 0.500. The van der Waals surface area contributed by atoms with Crippen LogP contribution in [-0.4, -0.2) is 34.9 Å². The molecule has 4 rings (SSSR count). The topological polar surface area (TPSA) is 74.5 Å². The molecule has 2 heterocycles. The number of thioether (sulfide) groups is 1. The molecule has 132 valence electrons. The summed E-state index contributed by atoms with van der Waals surface area (Å²) in [5.74, 6) is 1.06. The smallest absolute Gasteiger partial charge is 0.277 e. The Labute approximate surface area is 152 Å². The van der Waals surface area contributed by atoms with E-state index in [9.17, 15) is 9.18 Å². The molecule has 26 heavy (non-hydrogen) atoms. The first-order valence-corrected chi connectivity index (χ1v) is 8.83. The summed E-state index contributed by atoms with van der Waals surface area (Å²) in [6, 6.07) is 11.0. The Kier molecular flexibility index (Phi) is 4.57. The summed E-state index contributed by atoms with van der Waals surface area (Å²) in [5, 5.41) is 8.01. The maximum Gasteiger partial charge on any atom is 0.277 e. The molecule has 1 aliphatic heterocycles. The maximum atomic E-state index is 13.3. The van der Waals surface area contributed by atoms with Crippen LogP contribution in [0.2, 0.25) is 0 Å². The van der Waals surface area contributed by atoms with Gasteiger partial charge in [0.25, 0.3) is 5.22 Å². The number of ketones is 1. The molecule has 0 spiro atoms. The number of benzene rings is 2. The number of hydrogen-bond donors (Lipinski definition) is 0. The highest BCUT2D eigenvalue weighted by molar-refractivity contribution is 7.99. The third-order valence-corrected chi connectivity index (χ3v) is 4.49. The fraction of sp³-hybridized carbons (Fsp3) is 0.167. The molecule has 0 atom stereocenters. The lowest BCUT2D eigenvalue weighted by Gasteiger charge is -2.18. The van der Waals surface area contributed by atoms with Crippen molar-refractivity contribution in [3.8, 4) is 23.0 Å². The highest BCUT2D eigenvalue weighted by atomic mass is 32.2. The first-order valence-electron chi connectivity index (χ1n) is 7.84. The molecule has 0 radical (unpaired) electrons. The van der Waals surface area contributed by atoms with Crippen molar-refractivity contribution >= 4 is 17.5 Å². The molecule has 2 aromatic carbocycles. The van der Waals surface area contributed by atoms with E-state index in [0.29, 0.717) is 35.8 Å². The third-order valence-electron chi connectivity index (χ3n) is 3.67. The average molecular weight is 372 g/mol. The number of fused-ring (bicyclic) bond motifs is 1. The van der Waals surface area contributed by atoms with Gasteiger partial charge in [-0.05, 0) is 36.4 Å². The van der Waals surface area contributed by atoms with Crippen molar-refractivity contribution < 1.29 is 23.1 Å². The van der Waals surface area contributed by atoms with Crippen LogP contribution >= 0.6 is 11.8 Å². The largest absolute Gasteiger partial charge is 0.486 e. The second-order valence-electron chi connectivity index (χ2n) is 5.45. The summed E-state index contributed by atoms with van der Waals surface area (Å²) < 4.78 is 29.7. The number of carbonyl (C=O) groups is 1. The van der Waals surface area contributed by atoms with Crippen LogP contribution < -0.4 is 9.47 Å². The van der Waals surface area contributed by atoms with Crippen molar-refractivity contribution in [1.29, 1.82) is 0 Å². The molecule has 3 aromatic rings. The van der Waals surface area contributed by atoms with Crippen LogP contribution in [0.25, 0.3) is 11.5 Å². The molecular formula is C18H13FN2O4S. The number of rotatable bonds is 5. The fourth-order valence-electron chi connectivity index (χ4n) is 2.43. The van der Waals surface area contributed by atoms with Gasteiger partial charge in [-0.1, -0.05) is 17.8 Å². The lowest BCUT2D eigenvalue weighted by Crippen LogP contribution is -2.16. The van der Waals surface area contributed by atoms with Gasteiger partial charge in [0.15, 0.2) is 17.3 Å². The van der Waals surface area contributed by atoms with E-state index in [-0.39, 0.29) is 28.5 Å². The van der Waals surface area contributed by atoms with Crippen molar-refractivity contribution in [2.75, 3.05) is 19.0 Å². The van der Waals surface area contributed by atoms with E-state index in [1.54, 1.807) is 30.3 Å². The zero-order chi connectivity index (χ0) is 17.9. The minimum atomic E-state index is -0.385. The van der Waals surface area contributed by atoms with E-state index in [2.05, 4.69) is 10.2 Å². The van der Waals surface area contributed by atoms with Crippen LogP contribution in [0.5, 0.6) is 11.5 Å². The molecule has 8 heteroatoms. The molecule has 0 fully saturated rings. The summed E-state index contributed by atoms with van der Waals surface area (Å²) >= 11 is 1.12. The predicted molar refractivity (Wildman–Crippen MR) is 92.2 cm³/mol. The molecule has 0 aliphatic carbocycles. The normalized spacial score (nSPS) is 12.8. The zero-order valence-corrected chi connectivity index (χ0v) is 14.3. The molecule has 1 aromatic heterocycles. The van der Waals surface area contributed by atoms with Gasteiger partial charge in [-0.3, -0.25) is 4.79 Å². The van der Waals surface area contributed by atoms with Gasteiger partial charge in [0.1, 0.15) is 19.0 Å². The van der Waals surface area contributed by atoms with Crippen molar-refractivity contribution in [2.45, 2.75) is 5.22 Å². The van der Waals surface area contributed by atoms with Crippen LogP contribution in [0.4, 0.5) is 4.39 Å².